The lowest BCUT2D eigenvalue weighted by Gasteiger charge is -2.15. The van der Waals surface area contributed by atoms with Crippen LogP contribution in [0, 0.1) is 0 Å². The lowest BCUT2D eigenvalue weighted by Crippen LogP contribution is -2.13. The maximum Gasteiger partial charge on any atom is 0.338 e. The molecule has 3 heteroatoms. The molecule has 0 saturated heterocycles. The van der Waals surface area contributed by atoms with E-state index in [1.807, 2.05) is 36.4 Å². The van der Waals surface area contributed by atoms with Gasteiger partial charge in [0.1, 0.15) is 6.61 Å². The minimum absolute atomic E-state index is 0.119. The van der Waals surface area contributed by atoms with Crippen molar-refractivity contribution in [3.63, 3.8) is 0 Å². The van der Waals surface area contributed by atoms with Crippen LogP contribution < -0.4 is 0 Å². The van der Waals surface area contributed by atoms with Crippen LogP contribution in [-0.4, -0.2) is 11.8 Å². The summed E-state index contributed by atoms with van der Waals surface area (Å²) in [4.78, 5) is 24.0. The monoisotopic (exact) mass is 280 g/mol. The summed E-state index contributed by atoms with van der Waals surface area (Å²) >= 11 is 0. The molecule has 3 rings (SSSR count). The first-order valence-electron chi connectivity index (χ1n) is 7.11. The molecule has 0 saturated carbocycles. The fourth-order valence-corrected chi connectivity index (χ4v) is 2.56. The Bertz CT molecular complexity index is 674. The molecule has 0 amide bonds. The van der Waals surface area contributed by atoms with Gasteiger partial charge in [0.15, 0.2) is 5.78 Å². The molecule has 1 aliphatic carbocycles. The Kier molecular flexibility index (Phi) is 3.82. The third kappa shape index (κ3) is 3.02. The summed E-state index contributed by atoms with van der Waals surface area (Å²) in [7, 11) is 0. The smallest absolute Gasteiger partial charge is 0.338 e. The van der Waals surface area contributed by atoms with E-state index in [1.165, 1.54) is 0 Å². The molecule has 2 aromatic carbocycles. The number of carbonyl (C=O) groups excluding carboxylic acids is 2. The quantitative estimate of drug-likeness (QED) is 0.807. The molecular weight excluding hydrogens is 264 g/mol. The van der Waals surface area contributed by atoms with Crippen LogP contribution in [0.3, 0.4) is 0 Å². The van der Waals surface area contributed by atoms with Crippen molar-refractivity contribution in [2.75, 3.05) is 0 Å². The van der Waals surface area contributed by atoms with Crippen molar-refractivity contribution in [3.8, 4) is 0 Å². The van der Waals surface area contributed by atoms with Gasteiger partial charge >= 0.3 is 5.97 Å². The van der Waals surface area contributed by atoms with Crippen LogP contribution in [0.5, 0.6) is 0 Å². The summed E-state index contributed by atoms with van der Waals surface area (Å²) in [6.07, 6.45) is 2.36. The zero-order chi connectivity index (χ0) is 14.7. The Morgan fingerprint density at radius 3 is 2.67 bits per heavy atom. The summed E-state index contributed by atoms with van der Waals surface area (Å²) in [5.41, 5.74) is 3.10. The summed E-state index contributed by atoms with van der Waals surface area (Å²) in [6, 6.07) is 14.8. The van der Waals surface area contributed by atoms with E-state index in [0.717, 1.165) is 24.0 Å². The number of carbonyl (C=O) groups is 2. The van der Waals surface area contributed by atoms with E-state index in [9.17, 15) is 9.59 Å². The van der Waals surface area contributed by atoms with Gasteiger partial charge in [-0.05, 0) is 36.1 Å². The Balaban J connectivity index is 1.73. The fraction of sp³-hybridized carbons (Fsp3) is 0.222. The van der Waals surface area contributed by atoms with Gasteiger partial charge in [0.25, 0.3) is 0 Å². The maximum absolute atomic E-state index is 12.1. The van der Waals surface area contributed by atoms with Gasteiger partial charge in [-0.1, -0.05) is 36.4 Å². The van der Waals surface area contributed by atoms with Crippen LogP contribution in [0.1, 0.15) is 44.7 Å². The number of hydrogen-bond donors (Lipinski definition) is 0. The highest BCUT2D eigenvalue weighted by atomic mass is 16.5. The van der Waals surface area contributed by atoms with Gasteiger partial charge in [-0.2, -0.15) is 0 Å². The topological polar surface area (TPSA) is 43.4 Å². The predicted molar refractivity (Wildman–Crippen MR) is 79.3 cm³/mol. The number of hydrogen-bond acceptors (Lipinski definition) is 3. The summed E-state index contributed by atoms with van der Waals surface area (Å²) in [5.74, 6) is -0.269. The molecular formula is C18H16O3. The number of esters is 1. The molecule has 0 spiro atoms. The van der Waals surface area contributed by atoms with Crippen molar-refractivity contribution in [1.29, 1.82) is 0 Å². The van der Waals surface area contributed by atoms with Crippen LogP contribution in [0.4, 0.5) is 0 Å². The molecule has 106 valence electrons. The van der Waals surface area contributed by atoms with Crippen LogP contribution in [0.25, 0.3) is 0 Å². The average molecular weight is 280 g/mol. The molecule has 0 fully saturated rings. The third-order valence-corrected chi connectivity index (χ3v) is 3.71. The van der Waals surface area contributed by atoms with Gasteiger partial charge in [-0.3, -0.25) is 4.79 Å². The molecule has 0 radical (unpaired) electrons. The van der Waals surface area contributed by atoms with Crippen LogP contribution in [-0.2, 0) is 17.8 Å². The van der Waals surface area contributed by atoms with Crippen LogP contribution in [0.2, 0.25) is 0 Å². The summed E-state index contributed by atoms with van der Waals surface area (Å²) in [5, 5.41) is 0. The number of Topliss-reactive ketones (excluding diaryl/α,β-unsaturated/α-hetero) is 1. The molecule has 2 aromatic rings. The third-order valence-electron chi connectivity index (χ3n) is 3.71. The minimum atomic E-state index is -0.389. The second-order valence-electron chi connectivity index (χ2n) is 5.21. The fourth-order valence-electron chi connectivity index (χ4n) is 2.56. The second-order valence-corrected chi connectivity index (χ2v) is 5.21. The molecule has 0 aromatic heterocycles. The lowest BCUT2D eigenvalue weighted by molar-refractivity contribution is 0.0472. The highest BCUT2D eigenvalue weighted by molar-refractivity contribution is 6.01. The Hall–Kier alpha value is -2.42. The first kappa shape index (κ1) is 13.6. The van der Waals surface area contributed by atoms with Gasteiger partial charge in [-0.25, -0.2) is 4.79 Å². The van der Waals surface area contributed by atoms with E-state index in [2.05, 4.69) is 0 Å². The van der Waals surface area contributed by atoms with E-state index in [0.29, 0.717) is 17.5 Å². The van der Waals surface area contributed by atoms with Gasteiger partial charge < -0.3 is 4.74 Å². The van der Waals surface area contributed by atoms with Crippen molar-refractivity contribution in [2.45, 2.75) is 25.9 Å². The summed E-state index contributed by atoms with van der Waals surface area (Å²) < 4.78 is 5.29. The highest BCUT2D eigenvalue weighted by Crippen LogP contribution is 2.22. The zero-order valence-corrected chi connectivity index (χ0v) is 11.7. The first-order chi connectivity index (χ1) is 10.2. The van der Waals surface area contributed by atoms with Crippen molar-refractivity contribution < 1.29 is 14.3 Å². The molecule has 0 aliphatic heterocycles. The van der Waals surface area contributed by atoms with E-state index >= 15 is 0 Å². The SMILES string of the molecule is O=C(OCc1ccccc1)c1ccc2c(c1)C(=O)CCC2. The van der Waals surface area contributed by atoms with Crippen molar-refractivity contribution in [3.05, 3.63) is 70.8 Å². The second kappa shape index (κ2) is 5.92. The number of rotatable bonds is 3. The maximum atomic E-state index is 12.1. The molecule has 0 unspecified atom stereocenters. The molecule has 1 aliphatic rings. The molecule has 0 bridgehead atoms. The zero-order valence-electron chi connectivity index (χ0n) is 11.7. The standard InChI is InChI=1S/C18H16O3/c19-17-8-4-7-14-9-10-15(11-16(14)17)18(20)21-12-13-5-2-1-3-6-13/h1-3,5-6,9-11H,4,7-8,12H2. The molecule has 0 atom stereocenters. The van der Waals surface area contributed by atoms with Gasteiger partial charge in [0, 0.05) is 12.0 Å². The van der Waals surface area contributed by atoms with Crippen molar-refractivity contribution >= 4 is 11.8 Å². The molecule has 21 heavy (non-hydrogen) atoms. The summed E-state index contributed by atoms with van der Waals surface area (Å²) in [6.45, 7) is 0.241. The number of benzene rings is 2. The normalized spacial score (nSPS) is 13.6. The Morgan fingerprint density at radius 1 is 1.05 bits per heavy atom. The number of ketones is 1. The number of ether oxygens (including phenoxy) is 1. The van der Waals surface area contributed by atoms with Gasteiger partial charge in [0.05, 0.1) is 5.56 Å². The molecule has 0 N–H and O–H groups in total. The Labute approximate surface area is 123 Å². The van der Waals surface area contributed by atoms with Crippen molar-refractivity contribution in [1.82, 2.24) is 0 Å². The number of fused-ring (bicyclic) bond motifs is 1. The van der Waals surface area contributed by atoms with Crippen LogP contribution >= 0.6 is 0 Å². The molecule has 3 nitrogen and oxygen atoms in total. The lowest BCUT2D eigenvalue weighted by atomic mass is 9.89. The van der Waals surface area contributed by atoms with Crippen molar-refractivity contribution in [2.24, 2.45) is 0 Å². The predicted octanol–water partition coefficient (Wildman–Crippen LogP) is 3.56. The highest BCUT2D eigenvalue weighted by Gasteiger charge is 2.19. The largest absolute Gasteiger partial charge is 0.457 e. The van der Waals surface area contributed by atoms with Crippen LogP contribution in [0.15, 0.2) is 48.5 Å². The molecule has 0 heterocycles. The van der Waals surface area contributed by atoms with Gasteiger partial charge in [-0.15, -0.1) is 0 Å². The van der Waals surface area contributed by atoms with E-state index in [1.54, 1.807) is 12.1 Å². The minimum Gasteiger partial charge on any atom is -0.457 e. The number of aryl methyl sites for hydroxylation is 1. The van der Waals surface area contributed by atoms with E-state index in [-0.39, 0.29) is 18.4 Å². The Morgan fingerprint density at radius 2 is 1.86 bits per heavy atom. The van der Waals surface area contributed by atoms with Gasteiger partial charge in [0.2, 0.25) is 0 Å². The van der Waals surface area contributed by atoms with E-state index < -0.39 is 0 Å². The average Bonchev–Trinajstić information content (AvgIpc) is 2.54. The first-order valence-corrected chi connectivity index (χ1v) is 7.11. The van der Waals surface area contributed by atoms with E-state index in [4.69, 9.17) is 4.74 Å².